The van der Waals surface area contributed by atoms with Crippen LogP contribution < -0.4 is 10.6 Å². The van der Waals surface area contributed by atoms with Crippen LogP contribution in [0.15, 0.2) is 48.5 Å². The fourth-order valence-electron chi connectivity index (χ4n) is 4.82. The summed E-state index contributed by atoms with van der Waals surface area (Å²) in [6.45, 7) is 4.05. The first-order valence-corrected chi connectivity index (χ1v) is 11.9. The Balaban J connectivity index is 1.32. The van der Waals surface area contributed by atoms with Gasteiger partial charge in [-0.25, -0.2) is 4.79 Å². The average Bonchev–Trinajstić information content (AvgIpc) is 3.14. The highest BCUT2D eigenvalue weighted by Crippen LogP contribution is 2.44. The van der Waals surface area contributed by atoms with E-state index < -0.39 is 22.9 Å². The van der Waals surface area contributed by atoms with E-state index in [0.717, 1.165) is 28.7 Å². The summed E-state index contributed by atoms with van der Waals surface area (Å²) in [7, 11) is 0. The topological polar surface area (TPSA) is 105 Å². The predicted octanol–water partition coefficient (Wildman–Crippen LogP) is 4.31. The minimum absolute atomic E-state index is 0.0336. The number of benzene rings is 2. The number of carbonyl (C=O) groups is 3. The maximum Gasteiger partial charge on any atom is 0.407 e. The molecule has 0 bridgehead atoms. The SMILES string of the molecule is CCC(C)(CNC(=O)OCC1c2ccccc2-c2ccccc21)C(=O)NCC1(C(=O)O)CCC1. The van der Waals surface area contributed by atoms with Crippen LogP contribution in [0.4, 0.5) is 4.79 Å². The van der Waals surface area contributed by atoms with Gasteiger partial charge in [0.05, 0.1) is 10.8 Å². The van der Waals surface area contributed by atoms with Crippen LogP contribution in [-0.4, -0.2) is 42.8 Å². The number of amides is 2. The smallest absolute Gasteiger partial charge is 0.407 e. The number of nitrogens with one attached hydrogen (secondary N) is 2. The van der Waals surface area contributed by atoms with Crippen molar-refractivity contribution in [1.82, 2.24) is 10.6 Å². The lowest BCUT2D eigenvalue weighted by molar-refractivity contribution is -0.154. The number of ether oxygens (including phenoxy) is 1. The molecule has 1 saturated carbocycles. The average molecular weight is 465 g/mol. The van der Waals surface area contributed by atoms with E-state index >= 15 is 0 Å². The van der Waals surface area contributed by atoms with E-state index in [1.54, 1.807) is 6.92 Å². The Morgan fingerprint density at radius 2 is 1.62 bits per heavy atom. The predicted molar refractivity (Wildman–Crippen MR) is 128 cm³/mol. The normalized spacial score (nSPS) is 17.5. The molecule has 2 aromatic rings. The molecule has 0 radical (unpaired) electrons. The van der Waals surface area contributed by atoms with Gasteiger partial charge in [-0.05, 0) is 48.4 Å². The molecule has 1 atom stereocenters. The molecule has 7 heteroatoms. The highest BCUT2D eigenvalue weighted by molar-refractivity contribution is 5.84. The van der Waals surface area contributed by atoms with E-state index in [1.807, 2.05) is 31.2 Å². The summed E-state index contributed by atoms with van der Waals surface area (Å²) in [6, 6.07) is 16.3. The quantitative estimate of drug-likeness (QED) is 0.513. The standard InChI is InChI=1S/C27H32N2O5/c1-3-26(2,23(30)28-17-27(24(31)32)13-8-14-27)16-29-25(33)34-15-22-20-11-6-4-9-18(20)19-10-5-7-12-21(19)22/h4-7,9-12,22H,3,8,13-17H2,1-2H3,(H,28,30)(H,29,33)(H,31,32). The Labute approximate surface area is 199 Å². The van der Waals surface area contributed by atoms with Gasteiger partial charge in [0.1, 0.15) is 6.61 Å². The number of rotatable bonds is 9. The summed E-state index contributed by atoms with van der Waals surface area (Å²) in [6.07, 6.45) is 1.92. The van der Waals surface area contributed by atoms with Crippen molar-refractivity contribution >= 4 is 18.0 Å². The molecule has 4 rings (SSSR count). The van der Waals surface area contributed by atoms with Crippen LogP contribution in [0.2, 0.25) is 0 Å². The molecule has 0 spiro atoms. The third-order valence-corrected chi connectivity index (χ3v) is 7.65. The summed E-state index contributed by atoms with van der Waals surface area (Å²) in [5.74, 6) is -1.16. The van der Waals surface area contributed by atoms with Gasteiger partial charge in [0, 0.05) is 19.0 Å². The second-order valence-corrected chi connectivity index (χ2v) is 9.72. The van der Waals surface area contributed by atoms with E-state index in [0.29, 0.717) is 19.3 Å². The highest BCUT2D eigenvalue weighted by Gasteiger charge is 2.45. The van der Waals surface area contributed by atoms with E-state index in [4.69, 9.17) is 4.74 Å². The number of carboxylic acid groups (broad SMARTS) is 1. The highest BCUT2D eigenvalue weighted by atomic mass is 16.5. The van der Waals surface area contributed by atoms with Crippen molar-refractivity contribution in [3.05, 3.63) is 59.7 Å². The maximum absolute atomic E-state index is 12.9. The lowest BCUT2D eigenvalue weighted by Gasteiger charge is -2.38. The Kier molecular flexibility index (Phi) is 6.64. The van der Waals surface area contributed by atoms with Crippen LogP contribution in [0.3, 0.4) is 0 Å². The number of carboxylic acids is 1. The molecule has 7 nitrogen and oxygen atoms in total. The molecule has 2 aliphatic rings. The fraction of sp³-hybridized carbons (Fsp3) is 0.444. The van der Waals surface area contributed by atoms with Crippen LogP contribution in [0, 0.1) is 10.8 Å². The third-order valence-electron chi connectivity index (χ3n) is 7.65. The first-order valence-electron chi connectivity index (χ1n) is 11.9. The zero-order valence-electron chi connectivity index (χ0n) is 19.7. The van der Waals surface area contributed by atoms with E-state index in [1.165, 1.54) is 0 Å². The van der Waals surface area contributed by atoms with Gasteiger partial charge in [0.2, 0.25) is 5.91 Å². The van der Waals surface area contributed by atoms with E-state index in [-0.39, 0.29) is 31.5 Å². The van der Waals surface area contributed by atoms with Gasteiger partial charge in [-0.15, -0.1) is 0 Å². The van der Waals surface area contributed by atoms with Gasteiger partial charge in [-0.3, -0.25) is 9.59 Å². The van der Waals surface area contributed by atoms with Crippen molar-refractivity contribution in [1.29, 1.82) is 0 Å². The van der Waals surface area contributed by atoms with Gasteiger partial charge in [-0.2, -0.15) is 0 Å². The maximum atomic E-state index is 12.9. The number of hydrogen-bond acceptors (Lipinski definition) is 4. The molecule has 1 unspecified atom stereocenters. The first-order chi connectivity index (χ1) is 16.3. The van der Waals surface area contributed by atoms with Crippen molar-refractivity contribution in [2.45, 2.75) is 45.4 Å². The number of alkyl carbamates (subject to hydrolysis) is 1. The molecule has 0 aliphatic heterocycles. The minimum Gasteiger partial charge on any atom is -0.481 e. The van der Waals surface area contributed by atoms with E-state index in [9.17, 15) is 19.5 Å². The van der Waals surface area contributed by atoms with Crippen molar-refractivity contribution in [2.75, 3.05) is 19.7 Å². The molecule has 2 aromatic carbocycles. The summed E-state index contributed by atoms with van der Waals surface area (Å²) in [5.41, 5.74) is 2.87. The largest absolute Gasteiger partial charge is 0.481 e. The molecule has 1 fully saturated rings. The molecule has 180 valence electrons. The second-order valence-electron chi connectivity index (χ2n) is 9.72. The molecule has 0 saturated heterocycles. The molecule has 34 heavy (non-hydrogen) atoms. The van der Waals surface area contributed by atoms with Gasteiger partial charge in [0.25, 0.3) is 0 Å². The third kappa shape index (κ3) is 4.39. The van der Waals surface area contributed by atoms with Crippen LogP contribution in [0.25, 0.3) is 11.1 Å². The lowest BCUT2D eigenvalue weighted by atomic mass is 9.68. The fourth-order valence-corrected chi connectivity index (χ4v) is 4.82. The van der Waals surface area contributed by atoms with Crippen molar-refractivity contribution < 1.29 is 24.2 Å². The van der Waals surface area contributed by atoms with Crippen molar-refractivity contribution in [3.8, 4) is 11.1 Å². The van der Waals surface area contributed by atoms with Crippen molar-refractivity contribution in [2.24, 2.45) is 10.8 Å². The zero-order valence-corrected chi connectivity index (χ0v) is 19.7. The molecule has 2 amide bonds. The first kappa shape index (κ1) is 23.8. The van der Waals surface area contributed by atoms with E-state index in [2.05, 4.69) is 34.9 Å². The second kappa shape index (κ2) is 9.49. The van der Waals surface area contributed by atoms with Gasteiger partial charge < -0.3 is 20.5 Å². The number of hydrogen-bond donors (Lipinski definition) is 3. The zero-order chi connectivity index (χ0) is 24.3. The van der Waals surface area contributed by atoms with Gasteiger partial charge >= 0.3 is 12.1 Å². The number of carbonyl (C=O) groups excluding carboxylic acids is 2. The molecule has 0 heterocycles. The molecular weight excluding hydrogens is 432 g/mol. The molecule has 2 aliphatic carbocycles. The Bertz CT molecular complexity index is 1050. The minimum atomic E-state index is -0.867. The van der Waals surface area contributed by atoms with Gasteiger partial charge in [-0.1, -0.05) is 61.9 Å². The van der Waals surface area contributed by atoms with Crippen LogP contribution in [-0.2, 0) is 14.3 Å². The Morgan fingerprint density at radius 1 is 1.03 bits per heavy atom. The summed E-state index contributed by atoms with van der Waals surface area (Å²) >= 11 is 0. The van der Waals surface area contributed by atoms with Crippen LogP contribution in [0.1, 0.15) is 56.6 Å². The summed E-state index contributed by atoms with van der Waals surface area (Å²) in [4.78, 5) is 37.0. The molecule has 0 aromatic heterocycles. The number of aliphatic carboxylic acids is 1. The Morgan fingerprint density at radius 3 is 2.12 bits per heavy atom. The lowest BCUT2D eigenvalue weighted by Crippen LogP contribution is -2.52. The summed E-state index contributed by atoms with van der Waals surface area (Å²) < 4.78 is 5.57. The van der Waals surface area contributed by atoms with Crippen LogP contribution >= 0.6 is 0 Å². The van der Waals surface area contributed by atoms with Crippen molar-refractivity contribution in [3.63, 3.8) is 0 Å². The van der Waals surface area contributed by atoms with Gasteiger partial charge in [0.15, 0.2) is 0 Å². The Hall–Kier alpha value is -3.35. The molecular formula is C27H32N2O5. The van der Waals surface area contributed by atoms with Crippen LogP contribution in [0.5, 0.6) is 0 Å². The molecule has 3 N–H and O–H groups in total. The monoisotopic (exact) mass is 464 g/mol. The summed E-state index contributed by atoms with van der Waals surface area (Å²) in [5, 5.41) is 15.0. The number of fused-ring (bicyclic) bond motifs is 3.